The van der Waals surface area contributed by atoms with Gasteiger partial charge in [0.05, 0.1) is 6.33 Å². The number of imide groups is 1. The van der Waals surface area contributed by atoms with Crippen molar-refractivity contribution < 1.29 is 47.9 Å². The van der Waals surface area contributed by atoms with Crippen molar-refractivity contribution in [3.8, 4) is 0 Å². The fourth-order valence-electron chi connectivity index (χ4n) is 7.75. The Morgan fingerprint density at radius 3 is 1.87 bits per heavy atom. The number of primary amides is 1. The van der Waals surface area contributed by atoms with Crippen molar-refractivity contribution in [3.05, 3.63) is 90.1 Å². The molecule has 75 heavy (non-hydrogen) atoms. The molecule has 1 aliphatic heterocycles. The zero-order valence-corrected chi connectivity index (χ0v) is 42.8. The van der Waals surface area contributed by atoms with Crippen LogP contribution in [0, 0.1) is 0 Å². The number of aromatic amines is 2. The Kier molecular flexibility index (Phi) is 21.4. The maximum Gasteiger partial charge on any atom is 0.325 e. The number of fused-ring (bicyclic) bond motifs is 1. The number of nitrogens with two attached hydrogens (primary N) is 3. The van der Waals surface area contributed by atoms with Crippen molar-refractivity contribution in [2.75, 3.05) is 24.6 Å². The van der Waals surface area contributed by atoms with E-state index in [0.717, 1.165) is 10.9 Å². The highest BCUT2D eigenvalue weighted by Gasteiger charge is 2.38. The topological polar surface area (TPSA) is 405 Å². The predicted octanol–water partition coefficient (Wildman–Crippen LogP) is -3.33. The fraction of sp³-hybridized carbons (Fsp3) is 0.404. The second kappa shape index (κ2) is 27.8. The quantitative estimate of drug-likeness (QED) is 0.00872. The number of nitrogens with one attached hydrogen (secondary N) is 10. The van der Waals surface area contributed by atoms with Crippen molar-refractivity contribution in [3.63, 3.8) is 0 Å². The van der Waals surface area contributed by atoms with E-state index in [0.29, 0.717) is 21.7 Å². The highest BCUT2D eigenvalue weighted by molar-refractivity contribution is 7.80. The van der Waals surface area contributed by atoms with E-state index >= 15 is 0 Å². The molecule has 11 amide bonds. The molecule has 16 N–H and O–H groups in total. The maximum atomic E-state index is 14.6. The van der Waals surface area contributed by atoms with Gasteiger partial charge in [-0.2, -0.15) is 25.3 Å². The minimum absolute atomic E-state index is 0.0474. The van der Waals surface area contributed by atoms with Gasteiger partial charge in [0.2, 0.25) is 47.3 Å². The van der Waals surface area contributed by atoms with Gasteiger partial charge in [-0.1, -0.05) is 48.5 Å². The monoisotopic (exact) mass is 1070 g/mol. The van der Waals surface area contributed by atoms with Gasteiger partial charge in [0.1, 0.15) is 54.9 Å². The lowest BCUT2D eigenvalue weighted by Crippen LogP contribution is -2.60. The van der Waals surface area contributed by atoms with Crippen LogP contribution < -0.4 is 59.7 Å². The highest BCUT2D eigenvalue weighted by atomic mass is 32.1. The smallest absolute Gasteiger partial charge is 0.325 e. The van der Waals surface area contributed by atoms with E-state index in [-0.39, 0.29) is 56.1 Å². The molecule has 2 aromatic carbocycles. The average molecular weight is 1080 g/mol. The lowest BCUT2D eigenvalue weighted by atomic mass is 10.0. The van der Waals surface area contributed by atoms with E-state index in [2.05, 4.69) is 87.7 Å². The number of hydrogen-bond donors (Lipinski definition) is 15. The van der Waals surface area contributed by atoms with Crippen molar-refractivity contribution in [1.29, 1.82) is 0 Å². The first-order valence-corrected chi connectivity index (χ1v) is 24.9. The molecule has 26 nitrogen and oxygen atoms in total. The van der Waals surface area contributed by atoms with Gasteiger partial charge in [-0.25, -0.2) is 9.78 Å². The largest absolute Gasteiger partial charge is 0.370 e. The average Bonchev–Trinajstić information content (AvgIpc) is 4.11. The summed E-state index contributed by atoms with van der Waals surface area (Å²) in [5, 5.41) is 21.3. The second-order valence-electron chi connectivity index (χ2n) is 17.5. The number of aliphatic imine (C=N–C) groups is 1. The number of nitrogens with zero attached hydrogens (tertiary/aromatic N) is 3. The van der Waals surface area contributed by atoms with Gasteiger partial charge in [0.25, 0.3) is 5.91 Å². The van der Waals surface area contributed by atoms with E-state index in [4.69, 9.17) is 17.2 Å². The number of thiol groups is 2. The summed E-state index contributed by atoms with van der Waals surface area (Å²) in [6.07, 6.45) is 4.15. The molecule has 0 saturated carbocycles. The molecule has 0 bridgehead atoms. The van der Waals surface area contributed by atoms with Crippen LogP contribution in [0.4, 0.5) is 4.79 Å². The minimum atomic E-state index is -1.42. The van der Waals surface area contributed by atoms with Gasteiger partial charge in [-0.3, -0.25) is 53.0 Å². The number of amides is 11. The molecule has 402 valence electrons. The number of H-pyrrole nitrogens is 2. The van der Waals surface area contributed by atoms with Crippen LogP contribution in [0.2, 0.25) is 0 Å². The molecule has 0 radical (unpaired) electrons. The Labute approximate surface area is 441 Å². The highest BCUT2D eigenvalue weighted by Crippen LogP contribution is 2.20. The zero-order chi connectivity index (χ0) is 54.8. The van der Waals surface area contributed by atoms with Crippen molar-refractivity contribution in [1.82, 2.24) is 62.4 Å². The van der Waals surface area contributed by atoms with E-state index < -0.39 is 114 Å². The number of urea groups is 1. The Hall–Kier alpha value is -8.14. The Morgan fingerprint density at radius 2 is 1.27 bits per heavy atom. The predicted molar refractivity (Wildman–Crippen MR) is 280 cm³/mol. The molecule has 2 aromatic heterocycles. The van der Waals surface area contributed by atoms with Crippen molar-refractivity contribution >= 4 is 101 Å². The lowest BCUT2D eigenvalue weighted by Gasteiger charge is -2.27. The van der Waals surface area contributed by atoms with Crippen LogP contribution in [0.3, 0.4) is 0 Å². The maximum absolute atomic E-state index is 14.6. The molecule has 1 saturated heterocycles. The van der Waals surface area contributed by atoms with Crippen LogP contribution in [0.5, 0.6) is 0 Å². The van der Waals surface area contributed by atoms with Gasteiger partial charge in [-0.15, -0.1) is 0 Å². The molecular formula is C47H62N16O10S2. The number of aromatic nitrogens is 3. The van der Waals surface area contributed by atoms with Crippen LogP contribution in [0.25, 0.3) is 10.9 Å². The minimum Gasteiger partial charge on any atom is -0.370 e. The van der Waals surface area contributed by atoms with Crippen LogP contribution in [-0.4, -0.2) is 158 Å². The summed E-state index contributed by atoms with van der Waals surface area (Å²) >= 11 is 8.29. The van der Waals surface area contributed by atoms with E-state index in [1.165, 1.54) is 26.4 Å². The summed E-state index contributed by atoms with van der Waals surface area (Å²) in [5.41, 5.74) is 19.0. The normalized spacial score (nSPS) is 15.9. The zero-order valence-electron chi connectivity index (χ0n) is 41.0. The number of hydrogen-bond acceptors (Lipinski definition) is 14. The second-order valence-corrected chi connectivity index (χ2v) is 18.2. The Balaban J connectivity index is 1.36. The third kappa shape index (κ3) is 17.0. The van der Waals surface area contributed by atoms with E-state index in [9.17, 15) is 47.9 Å². The van der Waals surface area contributed by atoms with Gasteiger partial charge in [-0.05, 0) is 43.9 Å². The first-order chi connectivity index (χ1) is 35.8. The van der Waals surface area contributed by atoms with Gasteiger partial charge in [0.15, 0.2) is 5.96 Å². The van der Waals surface area contributed by atoms with Crippen LogP contribution in [0.15, 0.2) is 78.3 Å². The first-order valence-electron chi connectivity index (χ1n) is 23.6. The number of para-hydroxylation sites is 1. The number of rotatable bonds is 28. The molecule has 1 aliphatic rings. The number of guanidine groups is 1. The van der Waals surface area contributed by atoms with E-state index in [1.54, 1.807) is 42.6 Å². The number of carbonyl (C=O) groups excluding carboxylic acids is 10. The molecule has 0 spiro atoms. The van der Waals surface area contributed by atoms with Crippen LogP contribution in [-0.2, 0) is 62.4 Å². The van der Waals surface area contributed by atoms with Gasteiger partial charge < -0.3 is 69.7 Å². The third-order valence-corrected chi connectivity index (χ3v) is 12.5. The molecule has 5 rings (SSSR count). The standard InChI is InChI=1S/C47H62N16O10S2/c1-24(55-44(71)36(22-75)57-37(64)20-63-45(72)25(2)56-47(63)73)39(66)59-34(17-28-19-51-23-54-28)43(70)60-32(15-26-9-4-3-5-10-26)41(68)58-31(13-8-14-52-46(49)50)40(67)61-33(42(69)62-35(21-74)38(48)65)16-27-18-53-30-12-7-6-11-29(27)30/h3-7,9-12,18-19,23-25,31-36,53,74-75H,8,13-17,20-22H2,1-2H3,(H2,48,65)(H,51,54)(H,55,71)(H,56,73)(H,57,64)(H,58,68)(H,59,66)(H,60,70)(H,61,67)(H,62,69)(H4,49,50,52)/t24-,25+,31+,32-,33+,34+,35+,36+/m0/s1. The molecular weight excluding hydrogens is 1010 g/mol. The third-order valence-electron chi connectivity index (χ3n) is 11.8. The summed E-state index contributed by atoms with van der Waals surface area (Å²) in [5.74, 6) is -7.93. The summed E-state index contributed by atoms with van der Waals surface area (Å²) in [6.45, 7) is 2.14. The first kappa shape index (κ1) is 57.8. The van der Waals surface area contributed by atoms with Gasteiger partial charge >= 0.3 is 6.03 Å². The molecule has 28 heteroatoms. The Bertz CT molecular complexity index is 2720. The van der Waals surface area contributed by atoms with Gasteiger partial charge in [0, 0.05) is 66.3 Å². The fourth-order valence-corrected chi connectivity index (χ4v) is 8.27. The number of benzene rings is 2. The molecule has 3 heterocycles. The van der Waals surface area contributed by atoms with Crippen molar-refractivity contribution in [2.45, 2.75) is 94.3 Å². The molecule has 1 fully saturated rings. The number of imidazole rings is 1. The summed E-state index contributed by atoms with van der Waals surface area (Å²) < 4.78 is 0. The lowest BCUT2D eigenvalue weighted by molar-refractivity contribution is -0.135. The summed E-state index contributed by atoms with van der Waals surface area (Å²) in [7, 11) is 0. The van der Waals surface area contributed by atoms with Crippen LogP contribution >= 0.6 is 25.3 Å². The summed E-state index contributed by atoms with van der Waals surface area (Å²) in [6, 6.07) is 4.91. The summed E-state index contributed by atoms with van der Waals surface area (Å²) in [4.78, 5) is 148. The molecule has 0 unspecified atom stereocenters. The van der Waals surface area contributed by atoms with Crippen molar-refractivity contribution in [2.24, 2.45) is 22.2 Å². The van der Waals surface area contributed by atoms with E-state index in [1.807, 2.05) is 18.2 Å². The molecule has 0 aliphatic carbocycles. The number of carbonyl (C=O) groups is 10. The Morgan fingerprint density at radius 1 is 0.693 bits per heavy atom. The molecule has 8 atom stereocenters. The van der Waals surface area contributed by atoms with Crippen LogP contribution in [0.1, 0.15) is 43.5 Å². The molecule has 4 aromatic rings. The SMILES string of the molecule is C[C@H](NC(=O)[C@@H](CS)NC(=O)CN1C(=O)N[C@H](C)C1=O)C(=O)N[C@H](Cc1cnc[nH]1)C(=O)N[C@@H](Cc1ccccc1)C(=O)N[C@H](CCCN=C(N)N)C(=O)N[C@H](Cc1c[nH]c2ccccc12)C(=O)N[C@H](CS)C(N)=O.